The number of hydrogen-bond acceptors (Lipinski definition) is 4. The van der Waals surface area contributed by atoms with Crippen LogP contribution in [0.25, 0.3) is 0 Å². The molecule has 0 amide bonds. The summed E-state index contributed by atoms with van der Waals surface area (Å²) in [6.45, 7) is 5.32. The molecule has 1 aromatic rings. The predicted molar refractivity (Wildman–Crippen MR) is 72.4 cm³/mol. The maximum absolute atomic E-state index is 11.1. The Kier molecular flexibility index (Phi) is 4.72. The molecule has 1 N–H and O–H groups in total. The van der Waals surface area contributed by atoms with Crippen molar-refractivity contribution in [1.29, 1.82) is 0 Å². The summed E-state index contributed by atoms with van der Waals surface area (Å²) in [5, 5.41) is 10.1. The van der Waals surface area contributed by atoms with Gasteiger partial charge in [-0.15, -0.1) is 11.3 Å². The van der Waals surface area contributed by atoms with Crippen LogP contribution in [-0.2, 0) is 12.8 Å². The Balaban J connectivity index is 1.94. The zero-order chi connectivity index (χ0) is 13.0. The minimum absolute atomic E-state index is 0.422. The molecule has 2 rings (SSSR count). The van der Waals surface area contributed by atoms with Gasteiger partial charge in [0.15, 0.2) is 0 Å². The smallest absolute Gasteiger partial charge is 0.347 e. The Morgan fingerprint density at radius 1 is 1.39 bits per heavy atom. The second kappa shape index (κ2) is 6.29. The molecule has 0 spiro atoms. The van der Waals surface area contributed by atoms with E-state index >= 15 is 0 Å². The summed E-state index contributed by atoms with van der Waals surface area (Å²) in [5.74, 6) is -0.839. The van der Waals surface area contributed by atoms with Gasteiger partial charge in [-0.2, -0.15) is 0 Å². The molecule has 1 aliphatic rings. The second-order valence-electron chi connectivity index (χ2n) is 4.69. The molecule has 4 nitrogen and oxygen atoms in total. The third-order valence-electron chi connectivity index (χ3n) is 3.36. The van der Waals surface area contributed by atoms with E-state index in [1.807, 2.05) is 6.92 Å². The average Bonchev–Trinajstić information content (AvgIpc) is 2.81. The monoisotopic (exact) mass is 268 g/mol. The van der Waals surface area contributed by atoms with E-state index in [0.29, 0.717) is 11.3 Å². The highest BCUT2D eigenvalue weighted by Gasteiger charge is 2.17. The lowest BCUT2D eigenvalue weighted by Gasteiger charge is -2.25. The lowest BCUT2D eigenvalue weighted by atomic mass is 10.1. The van der Waals surface area contributed by atoms with Crippen LogP contribution in [-0.4, -0.2) is 40.6 Å². The highest BCUT2D eigenvalue weighted by molar-refractivity contribution is 7.13. The first-order valence-electron chi connectivity index (χ1n) is 6.65. The summed E-state index contributed by atoms with van der Waals surface area (Å²) in [7, 11) is 0. The molecule has 1 saturated heterocycles. The molecule has 1 fully saturated rings. The molecule has 100 valence electrons. The van der Waals surface area contributed by atoms with Crippen molar-refractivity contribution >= 4 is 17.3 Å². The van der Waals surface area contributed by atoms with Gasteiger partial charge in [-0.1, -0.05) is 13.3 Å². The minimum atomic E-state index is -0.839. The first kappa shape index (κ1) is 13.5. The van der Waals surface area contributed by atoms with Crippen molar-refractivity contribution < 1.29 is 9.90 Å². The van der Waals surface area contributed by atoms with Gasteiger partial charge in [0.25, 0.3) is 0 Å². The van der Waals surface area contributed by atoms with Crippen LogP contribution >= 0.6 is 11.3 Å². The van der Waals surface area contributed by atoms with E-state index in [4.69, 9.17) is 5.11 Å². The van der Waals surface area contributed by atoms with Crippen LogP contribution in [0.2, 0.25) is 0 Å². The van der Waals surface area contributed by atoms with E-state index in [1.54, 1.807) is 0 Å². The van der Waals surface area contributed by atoms with E-state index in [1.165, 1.54) is 43.7 Å². The first-order chi connectivity index (χ1) is 8.70. The number of nitrogens with zero attached hydrogens (tertiary/aromatic N) is 2. The third kappa shape index (κ3) is 3.29. The standard InChI is InChI=1S/C13H20N2O2S/c1-2-10-12(13(16)17)18-11(14-10)6-9-15-7-4-3-5-8-15/h2-9H2,1H3,(H,16,17). The highest BCUT2D eigenvalue weighted by atomic mass is 32.1. The molecular formula is C13H20N2O2S. The topological polar surface area (TPSA) is 53.4 Å². The summed E-state index contributed by atoms with van der Waals surface area (Å²) in [5.41, 5.74) is 0.737. The molecule has 0 aromatic carbocycles. The Labute approximate surface area is 112 Å². The first-order valence-corrected chi connectivity index (χ1v) is 7.46. The second-order valence-corrected chi connectivity index (χ2v) is 5.78. The van der Waals surface area contributed by atoms with Crippen molar-refractivity contribution in [3.8, 4) is 0 Å². The molecule has 2 heterocycles. The van der Waals surface area contributed by atoms with Gasteiger partial charge in [-0.3, -0.25) is 0 Å². The van der Waals surface area contributed by atoms with Crippen molar-refractivity contribution in [2.24, 2.45) is 0 Å². The van der Waals surface area contributed by atoms with Crippen LogP contribution in [0.4, 0.5) is 0 Å². The zero-order valence-corrected chi connectivity index (χ0v) is 11.6. The van der Waals surface area contributed by atoms with Gasteiger partial charge >= 0.3 is 5.97 Å². The van der Waals surface area contributed by atoms with Crippen LogP contribution in [0.5, 0.6) is 0 Å². The van der Waals surface area contributed by atoms with Crippen molar-refractivity contribution in [2.45, 2.75) is 39.0 Å². The summed E-state index contributed by atoms with van der Waals surface area (Å²) >= 11 is 1.34. The van der Waals surface area contributed by atoms with Crippen molar-refractivity contribution in [3.63, 3.8) is 0 Å². The Bertz CT molecular complexity index is 411. The summed E-state index contributed by atoms with van der Waals surface area (Å²) < 4.78 is 0. The SMILES string of the molecule is CCc1nc(CCN2CCCCC2)sc1C(=O)O. The molecule has 0 aliphatic carbocycles. The maximum atomic E-state index is 11.1. The van der Waals surface area contributed by atoms with Crippen LogP contribution in [0.3, 0.4) is 0 Å². The number of hydrogen-bond donors (Lipinski definition) is 1. The van der Waals surface area contributed by atoms with Crippen LogP contribution in [0.15, 0.2) is 0 Å². The molecule has 0 saturated carbocycles. The van der Waals surface area contributed by atoms with Gasteiger partial charge in [0.05, 0.1) is 10.7 Å². The van der Waals surface area contributed by atoms with Gasteiger partial charge in [-0.05, 0) is 32.4 Å². The molecule has 5 heteroatoms. The summed E-state index contributed by atoms with van der Waals surface area (Å²) in [6, 6.07) is 0. The van der Waals surface area contributed by atoms with Gasteiger partial charge in [0.1, 0.15) is 4.88 Å². The van der Waals surface area contributed by atoms with Gasteiger partial charge in [-0.25, -0.2) is 9.78 Å². The van der Waals surface area contributed by atoms with Gasteiger partial charge in [0.2, 0.25) is 0 Å². The number of likely N-dealkylation sites (tertiary alicyclic amines) is 1. The molecule has 0 bridgehead atoms. The van der Waals surface area contributed by atoms with Crippen LogP contribution in [0.1, 0.15) is 46.6 Å². The van der Waals surface area contributed by atoms with E-state index in [9.17, 15) is 4.79 Å². The Hall–Kier alpha value is -0.940. The number of thiazole rings is 1. The quantitative estimate of drug-likeness (QED) is 0.891. The predicted octanol–water partition coefficient (Wildman–Crippen LogP) is 2.43. The molecule has 1 aromatic heterocycles. The van der Waals surface area contributed by atoms with Crippen molar-refractivity contribution in [2.75, 3.05) is 19.6 Å². The van der Waals surface area contributed by atoms with Crippen molar-refractivity contribution in [1.82, 2.24) is 9.88 Å². The van der Waals surface area contributed by atoms with Gasteiger partial charge in [0, 0.05) is 13.0 Å². The summed E-state index contributed by atoms with van der Waals surface area (Å²) in [6.07, 6.45) is 5.50. The minimum Gasteiger partial charge on any atom is -0.477 e. The lowest BCUT2D eigenvalue weighted by molar-refractivity contribution is 0.0701. The Morgan fingerprint density at radius 3 is 2.67 bits per heavy atom. The largest absolute Gasteiger partial charge is 0.477 e. The normalized spacial score (nSPS) is 16.9. The molecule has 0 unspecified atom stereocenters. The fraction of sp³-hybridized carbons (Fsp3) is 0.692. The number of carbonyl (C=O) groups is 1. The maximum Gasteiger partial charge on any atom is 0.347 e. The van der Waals surface area contributed by atoms with E-state index < -0.39 is 5.97 Å². The zero-order valence-electron chi connectivity index (χ0n) is 10.8. The molecule has 18 heavy (non-hydrogen) atoms. The van der Waals surface area contributed by atoms with E-state index in [0.717, 1.165) is 23.7 Å². The number of carboxylic acid groups (broad SMARTS) is 1. The fourth-order valence-electron chi connectivity index (χ4n) is 2.35. The lowest BCUT2D eigenvalue weighted by Crippen LogP contribution is -2.31. The number of aromatic nitrogens is 1. The Morgan fingerprint density at radius 2 is 2.11 bits per heavy atom. The number of carboxylic acids is 1. The molecule has 0 atom stereocenters. The third-order valence-corrected chi connectivity index (χ3v) is 4.51. The molecular weight excluding hydrogens is 248 g/mol. The summed E-state index contributed by atoms with van der Waals surface area (Å²) in [4.78, 5) is 18.4. The number of aryl methyl sites for hydroxylation is 1. The van der Waals surface area contributed by atoms with Crippen LogP contribution in [0, 0.1) is 0 Å². The number of piperidine rings is 1. The molecule has 0 radical (unpaired) electrons. The molecule has 1 aliphatic heterocycles. The van der Waals surface area contributed by atoms with Gasteiger partial charge < -0.3 is 10.0 Å². The van der Waals surface area contributed by atoms with E-state index in [2.05, 4.69) is 9.88 Å². The average molecular weight is 268 g/mol. The number of aromatic carboxylic acids is 1. The van der Waals surface area contributed by atoms with Crippen molar-refractivity contribution in [3.05, 3.63) is 15.6 Å². The highest BCUT2D eigenvalue weighted by Crippen LogP contribution is 2.20. The fourth-order valence-corrected chi connectivity index (χ4v) is 3.33. The number of rotatable bonds is 5. The van der Waals surface area contributed by atoms with Crippen LogP contribution < -0.4 is 0 Å². The van der Waals surface area contributed by atoms with E-state index in [-0.39, 0.29) is 0 Å².